The zero-order chi connectivity index (χ0) is 22.1. The molecule has 0 radical (unpaired) electrons. The highest BCUT2D eigenvalue weighted by Crippen LogP contribution is 2.38. The van der Waals surface area contributed by atoms with Crippen LogP contribution in [0.15, 0.2) is 23.6 Å². The number of sulfonamides is 1. The smallest absolute Gasteiger partial charge is 0.241 e. The summed E-state index contributed by atoms with van der Waals surface area (Å²) in [7, 11) is -3.62. The third kappa shape index (κ3) is 4.64. The van der Waals surface area contributed by atoms with Gasteiger partial charge < -0.3 is 10.2 Å². The van der Waals surface area contributed by atoms with E-state index in [0.29, 0.717) is 26.2 Å². The number of hydrogen-bond acceptors (Lipinski definition) is 5. The standard InChI is InChI=1S/C24H31N3O3S2/c28-23(25-24-21-7-1-4-18(21)16-19-5-2-8-22(19)24)17-32(29,30)27-13-11-26(12-14-27)10-9-20-6-3-15-31-20/h3,6,15-16H,1-2,4-5,7-14,17H2,(H,25,28). The third-order valence-electron chi connectivity index (χ3n) is 7.03. The van der Waals surface area contributed by atoms with Crippen LogP contribution < -0.4 is 5.32 Å². The van der Waals surface area contributed by atoms with E-state index in [1.165, 1.54) is 31.4 Å². The second-order valence-electron chi connectivity index (χ2n) is 9.11. The number of hydrogen-bond donors (Lipinski definition) is 1. The van der Waals surface area contributed by atoms with E-state index >= 15 is 0 Å². The van der Waals surface area contributed by atoms with Gasteiger partial charge in [-0.05, 0) is 78.6 Å². The van der Waals surface area contributed by atoms with Crippen LogP contribution in [0.3, 0.4) is 0 Å². The van der Waals surface area contributed by atoms with Gasteiger partial charge in [0.2, 0.25) is 15.9 Å². The monoisotopic (exact) mass is 473 g/mol. The van der Waals surface area contributed by atoms with E-state index in [-0.39, 0.29) is 0 Å². The Hall–Kier alpha value is -1.74. The van der Waals surface area contributed by atoms with Gasteiger partial charge in [0.05, 0.1) is 0 Å². The van der Waals surface area contributed by atoms with Gasteiger partial charge in [0.15, 0.2) is 0 Å². The summed E-state index contributed by atoms with van der Waals surface area (Å²) in [6, 6.07) is 6.52. The second-order valence-corrected chi connectivity index (χ2v) is 12.1. The zero-order valence-corrected chi connectivity index (χ0v) is 20.1. The van der Waals surface area contributed by atoms with Crippen molar-refractivity contribution in [3.05, 3.63) is 50.7 Å². The quantitative estimate of drug-likeness (QED) is 0.671. The molecule has 172 valence electrons. The average molecular weight is 474 g/mol. The molecule has 1 fully saturated rings. The van der Waals surface area contributed by atoms with Crippen molar-refractivity contribution in [2.45, 2.75) is 44.9 Å². The van der Waals surface area contributed by atoms with Gasteiger partial charge in [-0.15, -0.1) is 11.3 Å². The molecule has 3 aliphatic rings. The lowest BCUT2D eigenvalue weighted by Gasteiger charge is -2.33. The summed E-state index contributed by atoms with van der Waals surface area (Å²) in [6.45, 7) is 3.28. The summed E-state index contributed by atoms with van der Waals surface area (Å²) in [5.41, 5.74) is 6.06. The lowest BCUT2D eigenvalue weighted by atomic mass is 9.98. The molecule has 5 rings (SSSR count). The molecule has 1 amide bonds. The number of thiophene rings is 1. The first-order valence-corrected chi connectivity index (χ1v) is 14.2. The van der Waals surface area contributed by atoms with E-state index in [0.717, 1.165) is 57.2 Å². The average Bonchev–Trinajstić information content (AvgIpc) is 3.53. The minimum atomic E-state index is -3.62. The summed E-state index contributed by atoms with van der Waals surface area (Å²) >= 11 is 1.76. The largest absolute Gasteiger partial charge is 0.325 e. The Morgan fingerprint density at radius 2 is 1.69 bits per heavy atom. The van der Waals surface area contributed by atoms with Crippen molar-refractivity contribution in [1.82, 2.24) is 9.21 Å². The van der Waals surface area contributed by atoms with Gasteiger partial charge in [0.25, 0.3) is 0 Å². The maximum atomic E-state index is 13.0. The maximum Gasteiger partial charge on any atom is 0.241 e. The second kappa shape index (κ2) is 9.25. The predicted molar refractivity (Wildman–Crippen MR) is 129 cm³/mol. The Morgan fingerprint density at radius 3 is 2.31 bits per heavy atom. The number of rotatable bonds is 7. The molecule has 1 N–H and O–H groups in total. The molecular formula is C24H31N3O3S2. The first kappa shape index (κ1) is 22.1. The SMILES string of the molecule is O=C(CS(=O)(=O)N1CCN(CCc2cccs2)CC1)Nc1c2c(cc3c1CCC3)CCC2. The molecule has 1 saturated heterocycles. The highest BCUT2D eigenvalue weighted by molar-refractivity contribution is 7.89. The van der Waals surface area contributed by atoms with E-state index in [9.17, 15) is 13.2 Å². The number of nitrogens with one attached hydrogen (secondary N) is 1. The van der Waals surface area contributed by atoms with E-state index in [2.05, 4.69) is 33.8 Å². The molecule has 1 aromatic heterocycles. The highest BCUT2D eigenvalue weighted by atomic mass is 32.2. The number of nitrogens with zero attached hydrogens (tertiary/aromatic N) is 2. The Labute approximate surface area is 194 Å². The van der Waals surface area contributed by atoms with Crippen LogP contribution in [0.25, 0.3) is 0 Å². The Kier molecular flexibility index (Phi) is 6.38. The van der Waals surface area contributed by atoms with Crippen molar-refractivity contribution in [3.63, 3.8) is 0 Å². The molecule has 0 bridgehead atoms. The van der Waals surface area contributed by atoms with Gasteiger partial charge in [0, 0.05) is 43.3 Å². The van der Waals surface area contributed by atoms with Gasteiger partial charge in [-0.1, -0.05) is 12.1 Å². The summed E-state index contributed by atoms with van der Waals surface area (Å²) in [4.78, 5) is 16.5. The summed E-state index contributed by atoms with van der Waals surface area (Å²) in [5, 5.41) is 5.11. The maximum absolute atomic E-state index is 13.0. The van der Waals surface area contributed by atoms with Crippen molar-refractivity contribution >= 4 is 33.0 Å². The number of carbonyl (C=O) groups is 1. The van der Waals surface area contributed by atoms with Crippen LogP contribution in [0.1, 0.15) is 40.0 Å². The molecule has 8 heteroatoms. The summed E-state index contributed by atoms with van der Waals surface area (Å²) < 4.78 is 27.4. The molecule has 0 unspecified atom stereocenters. The molecule has 2 aromatic rings. The van der Waals surface area contributed by atoms with Crippen LogP contribution in [0, 0.1) is 0 Å². The molecule has 0 saturated carbocycles. The number of carbonyl (C=O) groups excluding carboxylic acids is 1. The molecule has 0 spiro atoms. The lowest BCUT2D eigenvalue weighted by Crippen LogP contribution is -2.50. The Morgan fingerprint density at radius 1 is 1.00 bits per heavy atom. The fourth-order valence-electron chi connectivity index (χ4n) is 5.35. The predicted octanol–water partition coefficient (Wildman–Crippen LogP) is 2.85. The van der Waals surface area contributed by atoms with Crippen molar-refractivity contribution in [2.24, 2.45) is 0 Å². The van der Waals surface area contributed by atoms with Gasteiger partial charge in [-0.25, -0.2) is 8.42 Å². The minimum Gasteiger partial charge on any atom is -0.325 e. The lowest BCUT2D eigenvalue weighted by molar-refractivity contribution is -0.113. The molecule has 0 atom stereocenters. The first-order chi connectivity index (χ1) is 15.5. The van der Waals surface area contributed by atoms with Crippen LogP contribution in [-0.2, 0) is 46.9 Å². The van der Waals surface area contributed by atoms with Crippen molar-refractivity contribution in [2.75, 3.05) is 43.8 Å². The number of piperazine rings is 1. The number of aryl methyl sites for hydroxylation is 2. The molecule has 1 aromatic carbocycles. The fraction of sp³-hybridized carbons (Fsp3) is 0.542. The summed E-state index contributed by atoms with van der Waals surface area (Å²) in [5.74, 6) is -0.875. The Bertz CT molecular complexity index is 1060. The fourth-order valence-corrected chi connectivity index (χ4v) is 7.36. The number of anilines is 1. The van der Waals surface area contributed by atoms with E-state index in [4.69, 9.17) is 0 Å². The normalized spacial score (nSPS) is 19.1. The van der Waals surface area contributed by atoms with Crippen LogP contribution in [0.4, 0.5) is 5.69 Å². The summed E-state index contributed by atoms with van der Waals surface area (Å²) in [6.07, 6.45) is 7.27. The van der Waals surface area contributed by atoms with Crippen LogP contribution >= 0.6 is 11.3 Å². The minimum absolute atomic E-state index is 0.403. The van der Waals surface area contributed by atoms with Crippen LogP contribution in [-0.4, -0.2) is 62.0 Å². The van der Waals surface area contributed by atoms with E-state index < -0.39 is 21.7 Å². The molecular weight excluding hydrogens is 442 g/mol. The van der Waals surface area contributed by atoms with Crippen molar-refractivity contribution in [1.29, 1.82) is 0 Å². The Balaban J connectivity index is 1.18. The molecule has 2 aliphatic carbocycles. The third-order valence-corrected chi connectivity index (χ3v) is 9.75. The van der Waals surface area contributed by atoms with E-state index in [1.807, 2.05) is 0 Å². The number of benzene rings is 1. The number of amides is 1. The first-order valence-electron chi connectivity index (χ1n) is 11.7. The molecule has 2 heterocycles. The van der Waals surface area contributed by atoms with Crippen molar-refractivity contribution < 1.29 is 13.2 Å². The molecule has 32 heavy (non-hydrogen) atoms. The van der Waals surface area contributed by atoms with Gasteiger partial charge in [-0.3, -0.25) is 4.79 Å². The number of fused-ring (bicyclic) bond motifs is 2. The highest BCUT2D eigenvalue weighted by Gasteiger charge is 2.30. The zero-order valence-electron chi connectivity index (χ0n) is 18.4. The molecule has 1 aliphatic heterocycles. The van der Waals surface area contributed by atoms with Crippen LogP contribution in [0.2, 0.25) is 0 Å². The topological polar surface area (TPSA) is 69.7 Å². The van der Waals surface area contributed by atoms with Gasteiger partial charge in [0.1, 0.15) is 5.75 Å². The van der Waals surface area contributed by atoms with E-state index in [1.54, 1.807) is 11.3 Å². The van der Waals surface area contributed by atoms with Gasteiger partial charge >= 0.3 is 0 Å². The van der Waals surface area contributed by atoms with Gasteiger partial charge in [-0.2, -0.15) is 4.31 Å². The molecule has 6 nitrogen and oxygen atoms in total. The van der Waals surface area contributed by atoms with Crippen LogP contribution in [0.5, 0.6) is 0 Å². The van der Waals surface area contributed by atoms with Crippen molar-refractivity contribution in [3.8, 4) is 0 Å².